The minimum atomic E-state index is -0.685. The van der Waals surface area contributed by atoms with Crippen molar-refractivity contribution in [3.05, 3.63) is 29.6 Å². The Morgan fingerprint density at radius 2 is 1.92 bits per heavy atom. The third-order valence-electron chi connectivity index (χ3n) is 5.73. The fourth-order valence-corrected chi connectivity index (χ4v) is 3.84. The highest BCUT2D eigenvalue weighted by atomic mass is 16.6. The average Bonchev–Trinajstić information content (AvgIpc) is 3.32. The molecule has 0 aromatic carbocycles. The fraction of sp³-hybridized carbons (Fsp3) is 0.600. The van der Waals surface area contributed by atoms with Crippen LogP contribution in [0.1, 0.15) is 64.6 Å². The van der Waals surface area contributed by atoms with Gasteiger partial charge in [-0.25, -0.2) is 9.80 Å². The molecule has 0 radical (unpaired) electrons. The van der Waals surface area contributed by atoms with Crippen molar-refractivity contribution in [3.63, 3.8) is 0 Å². The van der Waals surface area contributed by atoms with Crippen LogP contribution >= 0.6 is 0 Å². The van der Waals surface area contributed by atoms with E-state index in [-0.39, 0.29) is 29.9 Å². The highest BCUT2D eigenvalue weighted by molar-refractivity contribution is 5.77. The van der Waals surface area contributed by atoms with Gasteiger partial charge in [0.05, 0.1) is 18.8 Å². The number of nitrogens with two attached hydrogens (primary N) is 2. The van der Waals surface area contributed by atoms with Gasteiger partial charge in [0.1, 0.15) is 11.3 Å². The second-order valence-corrected chi connectivity index (χ2v) is 10.0. The van der Waals surface area contributed by atoms with Crippen molar-refractivity contribution < 1.29 is 14.3 Å². The molecule has 1 fully saturated rings. The number of pyridine rings is 1. The van der Waals surface area contributed by atoms with Crippen LogP contribution < -0.4 is 21.2 Å². The molecule has 11 heteroatoms. The molecule has 1 saturated heterocycles. The van der Waals surface area contributed by atoms with Crippen LogP contribution in [0.3, 0.4) is 0 Å². The summed E-state index contributed by atoms with van der Waals surface area (Å²) in [4.78, 5) is 28.7. The van der Waals surface area contributed by atoms with Gasteiger partial charge in [0.25, 0.3) is 0 Å². The summed E-state index contributed by atoms with van der Waals surface area (Å²) in [6.07, 6.45) is 5.47. The topological polar surface area (TPSA) is 136 Å². The number of carbonyl (C=O) groups excluding carboxylic acids is 1. The summed E-state index contributed by atoms with van der Waals surface area (Å²) in [6.45, 7) is 11.2. The number of carbonyl (C=O) groups is 1. The Morgan fingerprint density at radius 3 is 2.58 bits per heavy atom. The first-order chi connectivity index (χ1) is 17.1. The first-order valence-electron chi connectivity index (χ1n) is 12.5. The van der Waals surface area contributed by atoms with Gasteiger partial charge in [-0.1, -0.05) is 13.3 Å². The molecule has 1 aliphatic heterocycles. The van der Waals surface area contributed by atoms with Gasteiger partial charge in [-0.3, -0.25) is 14.9 Å². The SMILES string of the molecule is CCCCOc1nc(N)c(N)c(N(Cc2cc(CN3CCCC3)ccn2)N(C)C(=O)OC(C)(C)C)n1. The van der Waals surface area contributed by atoms with E-state index < -0.39 is 11.7 Å². The van der Waals surface area contributed by atoms with Crippen LogP contribution in [0, 0.1) is 0 Å². The number of likely N-dealkylation sites (tertiary alicyclic amines) is 1. The summed E-state index contributed by atoms with van der Waals surface area (Å²) in [5.74, 6) is 0.318. The fourth-order valence-electron chi connectivity index (χ4n) is 3.84. The first-order valence-corrected chi connectivity index (χ1v) is 12.5. The molecule has 198 valence electrons. The Bertz CT molecular complexity index is 1020. The molecule has 11 nitrogen and oxygen atoms in total. The van der Waals surface area contributed by atoms with Crippen LogP contribution in [0.5, 0.6) is 6.01 Å². The lowest BCUT2D eigenvalue weighted by atomic mass is 10.2. The number of ether oxygens (including phenoxy) is 2. The van der Waals surface area contributed by atoms with Crippen LogP contribution in [0.2, 0.25) is 0 Å². The third kappa shape index (κ3) is 7.58. The minimum Gasteiger partial charge on any atom is -0.463 e. The van der Waals surface area contributed by atoms with E-state index in [0.29, 0.717) is 6.61 Å². The van der Waals surface area contributed by atoms with E-state index in [0.717, 1.165) is 43.7 Å². The maximum Gasteiger partial charge on any atom is 0.429 e. The minimum absolute atomic E-state index is 0.0739. The van der Waals surface area contributed by atoms with Crippen molar-refractivity contribution in [1.29, 1.82) is 0 Å². The third-order valence-corrected chi connectivity index (χ3v) is 5.73. The molecule has 36 heavy (non-hydrogen) atoms. The van der Waals surface area contributed by atoms with Crippen molar-refractivity contribution in [3.8, 4) is 6.01 Å². The highest BCUT2D eigenvalue weighted by Gasteiger charge is 2.28. The van der Waals surface area contributed by atoms with Crippen LogP contribution in [0.4, 0.5) is 22.1 Å². The molecule has 3 heterocycles. The second kappa shape index (κ2) is 12.1. The number of nitrogen functional groups attached to an aromatic ring is 2. The number of amides is 1. The van der Waals surface area contributed by atoms with E-state index in [1.54, 1.807) is 18.3 Å². The van der Waals surface area contributed by atoms with Crippen molar-refractivity contribution in [1.82, 2.24) is 24.9 Å². The lowest BCUT2D eigenvalue weighted by Crippen LogP contribution is -2.47. The number of hydrogen-bond acceptors (Lipinski definition) is 10. The van der Waals surface area contributed by atoms with Gasteiger partial charge in [0.2, 0.25) is 0 Å². The second-order valence-electron chi connectivity index (χ2n) is 10.0. The number of hydrazine groups is 1. The zero-order valence-electron chi connectivity index (χ0n) is 22.2. The van der Waals surface area contributed by atoms with Crippen molar-refractivity contribution >= 4 is 23.4 Å². The Hall–Kier alpha value is -3.34. The Morgan fingerprint density at radius 1 is 1.19 bits per heavy atom. The van der Waals surface area contributed by atoms with Crippen LogP contribution in [0.15, 0.2) is 18.3 Å². The number of aromatic nitrogens is 3. The first kappa shape index (κ1) is 27.3. The van der Waals surface area contributed by atoms with E-state index >= 15 is 0 Å². The summed E-state index contributed by atoms with van der Waals surface area (Å²) in [7, 11) is 1.59. The monoisotopic (exact) mass is 500 g/mol. The van der Waals surface area contributed by atoms with Gasteiger partial charge in [-0.05, 0) is 70.8 Å². The largest absolute Gasteiger partial charge is 0.463 e. The highest BCUT2D eigenvalue weighted by Crippen LogP contribution is 2.30. The maximum absolute atomic E-state index is 13.0. The zero-order valence-corrected chi connectivity index (χ0v) is 22.2. The van der Waals surface area contributed by atoms with Gasteiger partial charge in [0, 0.05) is 19.8 Å². The van der Waals surface area contributed by atoms with E-state index in [4.69, 9.17) is 20.9 Å². The lowest BCUT2D eigenvalue weighted by Gasteiger charge is -2.34. The predicted octanol–water partition coefficient (Wildman–Crippen LogP) is 3.60. The summed E-state index contributed by atoms with van der Waals surface area (Å²) >= 11 is 0. The molecule has 3 rings (SSSR count). The predicted molar refractivity (Wildman–Crippen MR) is 140 cm³/mol. The molecular weight excluding hydrogens is 460 g/mol. The van der Waals surface area contributed by atoms with Crippen molar-refractivity contribution in [2.75, 3.05) is 43.2 Å². The molecule has 1 aliphatic rings. The zero-order chi connectivity index (χ0) is 26.3. The molecule has 2 aromatic heterocycles. The van der Waals surface area contributed by atoms with Gasteiger partial charge < -0.3 is 20.9 Å². The molecule has 4 N–H and O–H groups in total. The quantitative estimate of drug-likeness (QED) is 0.368. The normalized spacial score (nSPS) is 14.0. The van der Waals surface area contributed by atoms with E-state index in [1.807, 2.05) is 32.9 Å². The molecule has 0 unspecified atom stereocenters. The molecule has 0 atom stereocenters. The number of hydrogen-bond donors (Lipinski definition) is 2. The van der Waals surface area contributed by atoms with E-state index in [9.17, 15) is 4.79 Å². The molecule has 2 aromatic rings. The molecule has 0 spiro atoms. The van der Waals surface area contributed by atoms with Crippen LogP contribution in [0.25, 0.3) is 0 Å². The van der Waals surface area contributed by atoms with E-state index in [2.05, 4.69) is 26.8 Å². The molecule has 1 amide bonds. The maximum atomic E-state index is 13.0. The molecular formula is C25H40N8O3. The molecule has 0 saturated carbocycles. The Balaban J connectivity index is 1.94. The van der Waals surface area contributed by atoms with Gasteiger partial charge >= 0.3 is 12.1 Å². The van der Waals surface area contributed by atoms with Crippen molar-refractivity contribution in [2.24, 2.45) is 0 Å². The number of nitrogens with zero attached hydrogens (tertiary/aromatic N) is 6. The number of rotatable bonds is 10. The van der Waals surface area contributed by atoms with Crippen LogP contribution in [-0.2, 0) is 17.8 Å². The number of anilines is 3. The van der Waals surface area contributed by atoms with Crippen molar-refractivity contribution in [2.45, 2.75) is 72.1 Å². The summed E-state index contributed by atoms with van der Waals surface area (Å²) < 4.78 is 11.3. The Labute approximate surface area is 213 Å². The molecule has 0 aliphatic carbocycles. The van der Waals surface area contributed by atoms with Gasteiger partial charge in [-0.2, -0.15) is 9.97 Å². The summed E-state index contributed by atoms with van der Waals surface area (Å²) in [5.41, 5.74) is 13.8. The van der Waals surface area contributed by atoms with Gasteiger partial charge in [-0.15, -0.1) is 0 Å². The average molecular weight is 501 g/mol. The van der Waals surface area contributed by atoms with Gasteiger partial charge in [0.15, 0.2) is 11.6 Å². The molecule has 0 bridgehead atoms. The summed E-state index contributed by atoms with van der Waals surface area (Å²) in [5, 5.41) is 2.92. The summed E-state index contributed by atoms with van der Waals surface area (Å²) in [6, 6.07) is 4.15. The van der Waals surface area contributed by atoms with Crippen LogP contribution in [-0.4, -0.2) is 63.3 Å². The number of unbranched alkanes of at least 4 members (excludes halogenated alkanes) is 1. The van der Waals surface area contributed by atoms with E-state index in [1.165, 1.54) is 17.9 Å². The lowest BCUT2D eigenvalue weighted by molar-refractivity contribution is 0.0271. The Kier molecular flexibility index (Phi) is 9.14. The standard InChI is InChI=1S/C25H40N8O3/c1-6-7-14-35-23-29-21(27)20(26)22(30-23)33(31(5)24(34)36-25(2,3)4)17-19-15-18(10-11-28-19)16-32-12-8-9-13-32/h10-11,15H,6-9,12-14,16-17,26H2,1-5H3,(H2,27,29,30). The smallest absolute Gasteiger partial charge is 0.429 e.